The topological polar surface area (TPSA) is 56.4 Å². The lowest BCUT2D eigenvalue weighted by Crippen LogP contribution is -2.04. The summed E-state index contributed by atoms with van der Waals surface area (Å²) in [6.07, 6.45) is 4.99. The summed E-state index contributed by atoms with van der Waals surface area (Å²) in [5, 5.41) is 10.0. The summed E-state index contributed by atoms with van der Waals surface area (Å²) in [5.74, 6) is 1.75. The molecule has 32 heavy (non-hydrogen) atoms. The van der Waals surface area contributed by atoms with Crippen molar-refractivity contribution in [2.45, 2.75) is 6.42 Å². The number of hydrogen-bond acceptors (Lipinski definition) is 5. The Balaban J connectivity index is 1.26. The van der Waals surface area contributed by atoms with Gasteiger partial charge in [0.05, 0.1) is 18.0 Å². The van der Waals surface area contributed by atoms with Crippen LogP contribution in [0.25, 0.3) is 28.6 Å². The second-order valence-electron chi connectivity index (χ2n) is 7.53. The van der Waals surface area contributed by atoms with Gasteiger partial charge < -0.3 is 14.2 Å². The summed E-state index contributed by atoms with van der Waals surface area (Å²) >= 11 is 1.71. The van der Waals surface area contributed by atoms with E-state index in [4.69, 9.17) is 14.2 Å². The van der Waals surface area contributed by atoms with Crippen molar-refractivity contribution in [3.63, 3.8) is 0 Å². The van der Waals surface area contributed by atoms with Gasteiger partial charge in [-0.3, -0.25) is 5.10 Å². The third kappa shape index (κ3) is 4.33. The molecule has 0 bridgehead atoms. The van der Waals surface area contributed by atoms with Gasteiger partial charge in [0, 0.05) is 40.5 Å². The number of fused-ring (bicyclic) bond motifs is 3. The fraction of sp³-hybridized carbons (Fsp3) is 0.192. The number of aromatic nitrogens is 2. The van der Waals surface area contributed by atoms with E-state index in [2.05, 4.69) is 39.9 Å². The van der Waals surface area contributed by atoms with E-state index < -0.39 is 0 Å². The first-order valence-corrected chi connectivity index (χ1v) is 11.5. The average Bonchev–Trinajstić information content (AvgIpc) is 3.53. The van der Waals surface area contributed by atoms with Crippen LogP contribution in [0, 0.1) is 0 Å². The number of para-hydroxylation sites is 1. The van der Waals surface area contributed by atoms with Crippen LogP contribution in [-0.2, 0) is 11.2 Å². The number of benzene rings is 2. The molecule has 0 radical (unpaired) electrons. The van der Waals surface area contributed by atoms with Crippen molar-refractivity contribution in [3.05, 3.63) is 82.1 Å². The molecule has 0 spiro atoms. The number of ether oxygens (including phenoxy) is 3. The first kappa shape index (κ1) is 20.5. The zero-order valence-corrected chi connectivity index (χ0v) is 18.7. The molecule has 0 amide bonds. The molecule has 1 aliphatic rings. The summed E-state index contributed by atoms with van der Waals surface area (Å²) in [7, 11) is 1.68. The maximum Gasteiger partial charge on any atom is 0.119 e. The molecular weight excluding hydrogens is 420 g/mol. The first-order chi connectivity index (χ1) is 15.8. The van der Waals surface area contributed by atoms with Crippen LogP contribution in [0.5, 0.6) is 11.5 Å². The number of nitrogens with zero attached hydrogens (tertiary/aromatic N) is 1. The van der Waals surface area contributed by atoms with Crippen LogP contribution in [0.1, 0.15) is 16.0 Å². The van der Waals surface area contributed by atoms with E-state index in [1.807, 2.05) is 42.5 Å². The van der Waals surface area contributed by atoms with Crippen molar-refractivity contribution >= 4 is 17.4 Å². The SMILES string of the molecule is COCCOc1ccc2c(c1)Cc1c(-c3csc(/C=C/COc4ccccc4)c3)n[nH]c1-2. The Hall–Kier alpha value is -3.35. The van der Waals surface area contributed by atoms with Gasteiger partial charge in [0.1, 0.15) is 24.7 Å². The monoisotopic (exact) mass is 444 g/mol. The number of H-pyrrole nitrogens is 1. The second-order valence-corrected chi connectivity index (χ2v) is 8.47. The van der Waals surface area contributed by atoms with Crippen molar-refractivity contribution in [1.29, 1.82) is 0 Å². The molecule has 2 aromatic carbocycles. The molecule has 4 aromatic rings. The Morgan fingerprint density at radius 1 is 1.03 bits per heavy atom. The Bertz CT molecular complexity index is 1230. The third-order valence-corrected chi connectivity index (χ3v) is 6.30. The van der Waals surface area contributed by atoms with Crippen molar-refractivity contribution < 1.29 is 14.2 Å². The molecule has 0 atom stereocenters. The smallest absolute Gasteiger partial charge is 0.119 e. The van der Waals surface area contributed by atoms with Gasteiger partial charge in [-0.25, -0.2) is 0 Å². The fourth-order valence-electron chi connectivity index (χ4n) is 3.87. The largest absolute Gasteiger partial charge is 0.491 e. The molecule has 0 unspecified atom stereocenters. The molecule has 0 aliphatic heterocycles. The van der Waals surface area contributed by atoms with E-state index in [1.54, 1.807) is 18.4 Å². The van der Waals surface area contributed by atoms with Gasteiger partial charge in [-0.05, 0) is 54.1 Å². The van der Waals surface area contributed by atoms with Gasteiger partial charge in [0.25, 0.3) is 0 Å². The molecule has 2 aromatic heterocycles. The molecule has 162 valence electrons. The van der Waals surface area contributed by atoms with E-state index in [0.717, 1.165) is 34.9 Å². The number of rotatable bonds is 9. The quantitative estimate of drug-likeness (QED) is 0.291. The van der Waals surface area contributed by atoms with E-state index >= 15 is 0 Å². The minimum Gasteiger partial charge on any atom is -0.491 e. The lowest BCUT2D eigenvalue weighted by molar-refractivity contribution is 0.146. The van der Waals surface area contributed by atoms with Gasteiger partial charge in [-0.2, -0.15) is 5.10 Å². The molecule has 2 heterocycles. The number of hydrogen-bond donors (Lipinski definition) is 1. The Kier molecular flexibility index (Phi) is 6.05. The van der Waals surface area contributed by atoms with Crippen LogP contribution >= 0.6 is 11.3 Å². The molecule has 5 rings (SSSR count). The predicted octanol–water partition coefficient (Wildman–Crippen LogP) is 5.83. The fourth-order valence-corrected chi connectivity index (χ4v) is 4.68. The van der Waals surface area contributed by atoms with Crippen molar-refractivity contribution in [2.75, 3.05) is 26.9 Å². The molecule has 0 saturated carbocycles. The highest BCUT2D eigenvalue weighted by Crippen LogP contribution is 2.42. The van der Waals surface area contributed by atoms with Gasteiger partial charge in [0.15, 0.2) is 0 Å². The highest BCUT2D eigenvalue weighted by atomic mass is 32.1. The summed E-state index contributed by atoms with van der Waals surface area (Å²) in [4.78, 5) is 1.18. The predicted molar refractivity (Wildman–Crippen MR) is 128 cm³/mol. The molecule has 1 aliphatic carbocycles. The molecule has 0 fully saturated rings. The number of methoxy groups -OCH3 is 1. The van der Waals surface area contributed by atoms with Crippen molar-refractivity contribution in [3.8, 4) is 34.0 Å². The third-order valence-electron chi connectivity index (χ3n) is 5.40. The van der Waals surface area contributed by atoms with Crippen LogP contribution in [0.15, 0.2) is 66.1 Å². The van der Waals surface area contributed by atoms with Gasteiger partial charge in [-0.15, -0.1) is 11.3 Å². The van der Waals surface area contributed by atoms with Crippen LogP contribution in [0.3, 0.4) is 0 Å². The highest BCUT2D eigenvalue weighted by molar-refractivity contribution is 7.11. The summed E-state index contributed by atoms with van der Waals surface area (Å²) < 4.78 is 16.6. The van der Waals surface area contributed by atoms with E-state index in [1.165, 1.54) is 21.6 Å². The molecular formula is C26H24N2O3S. The van der Waals surface area contributed by atoms with E-state index in [0.29, 0.717) is 19.8 Å². The first-order valence-electron chi connectivity index (χ1n) is 10.6. The molecule has 6 heteroatoms. The maximum atomic E-state index is 5.77. The van der Waals surface area contributed by atoms with Crippen LogP contribution in [0.2, 0.25) is 0 Å². The number of nitrogens with one attached hydrogen (secondary N) is 1. The minimum atomic E-state index is 0.541. The normalized spacial score (nSPS) is 12.2. The number of thiophene rings is 1. The van der Waals surface area contributed by atoms with Gasteiger partial charge in [0.2, 0.25) is 0 Å². The summed E-state index contributed by atoms with van der Waals surface area (Å²) in [5.41, 5.74) is 6.98. The second kappa shape index (κ2) is 9.42. The average molecular weight is 445 g/mol. The Labute approximate surface area is 191 Å². The van der Waals surface area contributed by atoms with E-state index in [9.17, 15) is 0 Å². The maximum absolute atomic E-state index is 5.77. The van der Waals surface area contributed by atoms with Crippen LogP contribution in [-0.4, -0.2) is 37.1 Å². The zero-order chi connectivity index (χ0) is 21.8. The highest BCUT2D eigenvalue weighted by Gasteiger charge is 2.25. The number of aromatic amines is 1. The lowest BCUT2D eigenvalue weighted by atomic mass is 10.1. The summed E-state index contributed by atoms with van der Waals surface area (Å²) in [6.45, 7) is 1.67. The zero-order valence-electron chi connectivity index (χ0n) is 17.8. The minimum absolute atomic E-state index is 0.541. The standard InChI is InChI=1S/C26H24N2O3S/c1-29-12-13-31-21-9-10-23-18(14-21)16-24-25(27-28-26(23)24)19-15-22(32-17-19)8-5-11-30-20-6-3-2-4-7-20/h2-10,14-15,17H,11-13,16H2,1H3,(H,27,28)/b8-5+. The molecule has 1 N–H and O–H groups in total. The Morgan fingerprint density at radius 2 is 1.94 bits per heavy atom. The van der Waals surface area contributed by atoms with Crippen LogP contribution < -0.4 is 9.47 Å². The molecule has 5 nitrogen and oxygen atoms in total. The van der Waals surface area contributed by atoms with E-state index in [-0.39, 0.29) is 0 Å². The Morgan fingerprint density at radius 3 is 2.81 bits per heavy atom. The van der Waals surface area contributed by atoms with Crippen molar-refractivity contribution in [2.24, 2.45) is 0 Å². The van der Waals surface area contributed by atoms with Gasteiger partial charge >= 0.3 is 0 Å². The van der Waals surface area contributed by atoms with Gasteiger partial charge in [-0.1, -0.05) is 18.2 Å². The van der Waals surface area contributed by atoms with Crippen molar-refractivity contribution in [1.82, 2.24) is 10.2 Å². The summed E-state index contributed by atoms with van der Waals surface area (Å²) in [6, 6.07) is 18.3. The lowest BCUT2D eigenvalue weighted by Gasteiger charge is -2.07. The van der Waals surface area contributed by atoms with Crippen LogP contribution in [0.4, 0.5) is 0 Å². The molecule has 0 saturated heterocycles.